The highest BCUT2D eigenvalue weighted by atomic mass is 19.1. The number of para-hydroxylation sites is 1. The lowest BCUT2D eigenvalue weighted by molar-refractivity contribution is 0.0666. The molecule has 0 spiro atoms. The van der Waals surface area contributed by atoms with E-state index in [0.717, 1.165) is 37.9 Å². The van der Waals surface area contributed by atoms with E-state index in [9.17, 15) is 9.18 Å². The topological polar surface area (TPSA) is 94.4 Å². The van der Waals surface area contributed by atoms with Crippen molar-refractivity contribution in [2.24, 2.45) is 0 Å². The maximum Gasteiger partial charge on any atom is 0.259 e. The van der Waals surface area contributed by atoms with Crippen LogP contribution in [0.1, 0.15) is 28.0 Å². The van der Waals surface area contributed by atoms with Crippen LogP contribution in [0.4, 0.5) is 10.2 Å². The first-order valence-corrected chi connectivity index (χ1v) is 13.4. The van der Waals surface area contributed by atoms with Gasteiger partial charge in [-0.25, -0.2) is 9.37 Å². The highest BCUT2D eigenvalue weighted by Crippen LogP contribution is 2.31. The molecule has 198 valence electrons. The molecule has 0 unspecified atom stereocenters. The Labute approximate surface area is 224 Å². The van der Waals surface area contributed by atoms with Crippen molar-refractivity contribution >= 4 is 28.3 Å². The number of carbonyl (C=O) groups is 1. The molecule has 5 heterocycles. The summed E-state index contributed by atoms with van der Waals surface area (Å²) in [6, 6.07) is 11.8. The van der Waals surface area contributed by atoms with Crippen molar-refractivity contribution in [2.45, 2.75) is 25.3 Å². The number of carbonyl (C=O) groups excluding carboxylic acids is 1. The fourth-order valence-corrected chi connectivity index (χ4v) is 5.80. The molecule has 0 bridgehead atoms. The molecule has 4 aromatic heterocycles. The molecular formula is C29H29FN8O. The van der Waals surface area contributed by atoms with Gasteiger partial charge in [-0.15, -0.1) is 0 Å². The number of anilines is 1. The van der Waals surface area contributed by atoms with E-state index in [1.807, 2.05) is 11.0 Å². The fourth-order valence-electron chi connectivity index (χ4n) is 5.80. The summed E-state index contributed by atoms with van der Waals surface area (Å²) in [5.74, 6) is 0.183. The molecule has 1 amide bonds. The van der Waals surface area contributed by atoms with Crippen LogP contribution in [-0.2, 0) is 12.8 Å². The lowest BCUT2D eigenvalue weighted by Gasteiger charge is -2.32. The first kappa shape index (κ1) is 23.8. The molecule has 2 aliphatic rings. The van der Waals surface area contributed by atoms with Crippen molar-refractivity contribution < 1.29 is 9.18 Å². The number of piperazine rings is 1. The molecule has 1 fully saturated rings. The molecule has 39 heavy (non-hydrogen) atoms. The summed E-state index contributed by atoms with van der Waals surface area (Å²) in [5, 5.41) is 9.53. The van der Waals surface area contributed by atoms with Gasteiger partial charge in [0.05, 0.1) is 18.1 Å². The van der Waals surface area contributed by atoms with Gasteiger partial charge in [0.2, 0.25) is 0 Å². The van der Waals surface area contributed by atoms with E-state index < -0.39 is 5.82 Å². The largest absolute Gasteiger partial charge is 0.367 e. The standard InChI is InChI=1S/C29H29FN8O/c1-36-8-10-37(11-9-36)29(39)23-17-32-38-27(14-26(35-28(23)38)18-12-19(30)16-31-15-18)33-20-6-7-25-22(13-20)21-4-2-3-5-24(21)34-25/h2-5,12,14-17,20,33-34H,6-11,13H2,1H3/t20-/m1/s1. The zero-order valence-corrected chi connectivity index (χ0v) is 21.7. The summed E-state index contributed by atoms with van der Waals surface area (Å²) in [7, 11) is 2.06. The third-order valence-electron chi connectivity index (χ3n) is 7.94. The second-order valence-electron chi connectivity index (χ2n) is 10.5. The van der Waals surface area contributed by atoms with Crippen LogP contribution >= 0.6 is 0 Å². The Morgan fingerprint density at radius 3 is 2.79 bits per heavy atom. The molecule has 1 aliphatic carbocycles. The summed E-state index contributed by atoms with van der Waals surface area (Å²) < 4.78 is 15.8. The Bertz CT molecular complexity index is 1700. The smallest absolute Gasteiger partial charge is 0.259 e. The first-order valence-electron chi connectivity index (χ1n) is 13.4. The molecule has 2 N–H and O–H groups in total. The predicted octanol–water partition coefficient (Wildman–Crippen LogP) is 3.77. The van der Waals surface area contributed by atoms with Gasteiger partial charge in [0.1, 0.15) is 17.2 Å². The highest BCUT2D eigenvalue weighted by Gasteiger charge is 2.27. The minimum Gasteiger partial charge on any atom is -0.367 e. The number of hydrogen-bond donors (Lipinski definition) is 2. The number of nitrogens with zero attached hydrogens (tertiary/aromatic N) is 6. The molecule has 1 aliphatic heterocycles. The maximum atomic E-state index is 14.1. The van der Waals surface area contributed by atoms with Gasteiger partial charge in [-0.2, -0.15) is 9.61 Å². The van der Waals surface area contributed by atoms with Gasteiger partial charge < -0.3 is 20.1 Å². The normalized spacial score (nSPS) is 18.0. The number of pyridine rings is 1. The molecule has 1 saturated heterocycles. The van der Waals surface area contributed by atoms with Gasteiger partial charge in [-0.1, -0.05) is 18.2 Å². The lowest BCUT2D eigenvalue weighted by Crippen LogP contribution is -2.47. The molecule has 0 radical (unpaired) electrons. The number of fused-ring (bicyclic) bond motifs is 4. The Morgan fingerprint density at radius 2 is 1.95 bits per heavy atom. The fraction of sp³-hybridized carbons (Fsp3) is 0.310. The number of aromatic nitrogens is 5. The van der Waals surface area contributed by atoms with Crippen molar-refractivity contribution in [1.82, 2.24) is 34.4 Å². The van der Waals surface area contributed by atoms with E-state index in [2.05, 4.69) is 56.6 Å². The van der Waals surface area contributed by atoms with Gasteiger partial charge in [-0.3, -0.25) is 9.78 Å². The Morgan fingerprint density at radius 1 is 1.10 bits per heavy atom. The van der Waals surface area contributed by atoms with E-state index in [1.54, 1.807) is 16.9 Å². The van der Waals surface area contributed by atoms with Crippen LogP contribution in [-0.4, -0.2) is 79.5 Å². The molecule has 5 aromatic rings. The molecular weight excluding hydrogens is 495 g/mol. The zero-order valence-electron chi connectivity index (χ0n) is 21.7. The van der Waals surface area contributed by atoms with Crippen molar-refractivity contribution in [3.8, 4) is 11.3 Å². The quantitative estimate of drug-likeness (QED) is 0.372. The number of aryl methyl sites for hydroxylation is 1. The summed E-state index contributed by atoms with van der Waals surface area (Å²) in [5.41, 5.74) is 5.76. The summed E-state index contributed by atoms with van der Waals surface area (Å²) in [4.78, 5) is 30.0. The van der Waals surface area contributed by atoms with Crippen molar-refractivity contribution in [3.63, 3.8) is 0 Å². The zero-order chi connectivity index (χ0) is 26.5. The number of likely N-dealkylation sites (N-methyl/N-ethyl adjacent to an activating group) is 1. The third kappa shape index (κ3) is 4.30. The number of aromatic amines is 1. The Balaban J connectivity index is 1.27. The monoisotopic (exact) mass is 524 g/mol. The summed E-state index contributed by atoms with van der Waals surface area (Å²) >= 11 is 0. The predicted molar refractivity (Wildman–Crippen MR) is 147 cm³/mol. The van der Waals surface area contributed by atoms with Gasteiger partial charge in [0.25, 0.3) is 5.91 Å². The number of H-pyrrole nitrogens is 1. The first-order chi connectivity index (χ1) is 19.0. The number of amides is 1. The van der Waals surface area contributed by atoms with Crippen LogP contribution < -0.4 is 5.32 Å². The summed E-state index contributed by atoms with van der Waals surface area (Å²) in [6.07, 6.45) is 7.08. The number of hydrogen-bond acceptors (Lipinski definition) is 6. The number of nitrogens with one attached hydrogen (secondary N) is 2. The Hall–Kier alpha value is -4.31. The second kappa shape index (κ2) is 9.46. The summed E-state index contributed by atoms with van der Waals surface area (Å²) in [6.45, 7) is 2.95. The van der Waals surface area contributed by atoms with Crippen LogP contribution in [0.2, 0.25) is 0 Å². The second-order valence-corrected chi connectivity index (χ2v) is 10.5. The number of benzene rings is 1. The van der Waals surface area contributed by atoms with Crippen LogP contribution in [0.25, 0.3) is 27.8 Å². The molecule has 9 nitrogen and oxygen atoms in total. The van der Waals surface area contributed by atoms with Gasteiger partial charge in [0.15, 0.2) is 5.65 Å². The molecule has 1 aromatic carbocycles. The van der Waals surface area contributed by atoms with Crippen LogP contribution in [0.3, 0.4) is 0 Å². The van der Waals surface area contributed by atoms with Crippen molar-refractivity contribution in [1.29, 1.82) is 0 Å². The van der Waals surface area contributed by atoms with Crippen LogP contribution in [0.15, 0.2) is 55.0 Å². The van der Waals surface area contributed by atoms with Crippen LogP contribution in [0, 0.1) is 5.82 Å². The third-order valence-corrected chi connectivity index (χ3v) is 7.94. The molecule has 7 rings (SSSR count). The van der Waals surface area contributed by atoms with Crippen molar-refractivity contribution in [2.75, 3.05) is 38.5 Å². The van der Waals surface area contributed by atoms with E-state index in [4.69, 9.17) is 4.98 Å². The average molecular weight is 525 g/mol. The molecule has 10 heteroatoms. The van der Waals surface area contributed by atoms with E-state index >= 15 is 0 Å². The van der Waals surface area contributed by atoms with Crippen molar-refractivity contribution in [3.05, 3.63) is 77.6 Å². The minimum atomic E-state index is -0.440. The van der Waals surface area contributed by atoms with Gasteiger partial charge in [-0.05, 0) is 44.0 Å². The van der Waals surface area contributed by atoms with Gasteiger partial charge in [0, 0.05) is 66.6 Å². The van der Waals surface area contributed by atoms with E-state index in [1.165, 1.54) is 28.9 Å². The van der Waals surface area contributed by atoms with Crippen LogP contribution in [0.5, 0.6) is 0 Å². The van der Waals surface area contributed by atoms with Gasteiger partial charge >= 0.3 is 0 Å². The number of halogens is 1. The molecule has 0 saturated carbocycles. The maximum absolute atomic E-state index is 14.1. The SMILES string of the molecule is CN1CCN(C(=O)c2cnn3c(N[C@@H]4CCc5[nH]c6ccccc6c5C4)cc(-c4cncc(F)c4)nc23)CC1. The Kier molecular flexibility index (Phi) is 5.77. The van der Waals surface area contributed by atoms with E-state index in [-0.39, 0.29) is 11.9 Å². The number of rotatable bonds is 4. The molecule has 1 atom stereocenters. The van der Waals surface area contributed by atoms with E-state index in [0.29, 0.717) is 41.4 Å². The highest BCUT2D eigenvalue weighted by molar-refractivity contribution is 6.00. The minimum absolute atomic E-state index is 0.0906. The average Bonchev–Trinajstić information content (AvgIpc) is 3.55. The lowest BCUT2D eigenvalue weighted by atomic mass is 9.91.